The van der Waals surface area contributed by atoms with E-state index in [0.717, 1.165) is 0 Å². The third-order valence-electron chi connectivity index (χ3n) is 7.37. The second-order valence-electron chi connectivity index (χ2n) is 10.4. The van der Waals surface area contributed by atoms with Crippen LogP contribution in [0.15, 0.2) is 69.2 Å². The molecule has 32 heavy (non-hydrogen) atoms. The van der Waals surface area contributed by atoms with Gasteiger partial charge in [-0.2, -0.15) is 0 Å². The van der Waals surface area contributed by atoms with Crippen molar-refractivity contribution in [1.29, 1.82) is 0 Å². The smallest absolute Gasteiger partial charge is 1.00 e. The Balaban J connectivity index is 0.00000144. The SMILES string of the molecule is CC1C=C([Si](C)(C)C)C=[C]1[Zr+2](=[C]1CCCCC1)[CH]1c2ccccc2-c2ccccc21.[Cl-].[Cl-]. The number of hydrogen-bond donors (Lipinski definition) is 0. The fourth-order valence-corrected chi connectivity index (χ4v) is 17.4. The normalized spacial score (nSPS) is 19.6. The first-order valence-electron chi connectivity index (χ1n) is 11.8. The van der Waals surface area contributed by atoms with Gasteiger partial charge in [-0.05, 0) is 0 Å². The van der Waals surface area contributed by atoms with Crippen molar-refractivity contribution < 1.29 is 46.1 Å². The zero-order valence-corrected chi connectivity index (χ0v) is 24.7. The van der Waals surface area contributed by atoms with Crippen LogP contribution in [0.1, 0.15) is 53.8 Å². The summed E-state index contributed by atoms with van der Waals surface area (Å²) < 4.78 is 4.59. The van der Waals surface area contributed by atoms with Gasteiger partial charge in [-0.25, -0.2) is 0 Å². The van der Waals surface area contributed by atoms with Gasteiger partial charge in [-0.15, -0.1) is 0 Å². The molecule has 1 unspecified atom stereocenters. The van der Waals surface area contributed by atoms with Crippen LogP contribution in [0, 0.1) is 5.92 Å². The van der Waals surface area contributed by atoms with E-state index in [1.807, 2.05) is 6.49 Å². The third kappa shape index (κ3) is 4.68. The molecule has 0 radical (unpaired) electrons. The molecule has 1 saturated carbocycles. The summed E-state index contributed by atoms with van der Waals surface area (Å²) in [4.78, 5) is 0. The first-order valence-corrected chi connectivity index (χ1v) is 19.2. The number of benzene rings is 2. The van der Waals surface area contributed by atoms with Crippen LogP contribution in [-0.2, 0) is 21.3 Å². The van der Waals surface area contributed by atoms with Gasteiger partial charge in [0.05, 0.1) is 0 Å². The molecule has 0 nitrogen and oxygen atoms in total. The summed E-state index contributed by atoms with van der Waals surface area (Å²) in [6.45, 7) is 10.0. The Labute approximate surface area is 215 Å². The van der Waals surface area contributed by atoms with Gasteiger partial charge in [0.1, 0.15) is 0 Å². The van der Waals surface area contributed by atoms with E-state index < -0.39 is 29.3 Å². The minimum absolute atomic E-state index is 0. The summed E-state index contributed by atoms with van der Waals surface area (Å²) in [7, 11) is -1.28. The summed E-state index contributed by atoms with van der Waals surface area (Å²) in [6.07, 6.45) is 12.5. The Hall–Kier alpha value is -0.530. The average Bonchev–Trinajstić information content (AvgIpc) is 3.29. The topological polar surface area (TPSA) is 0 Å². The second kappa shape index (κ2) is 10.4. The fraction of sp³-hybridized carbons (Fsp3) is 0.393. The maximum Gasteiger partial charge on any atom is -1.00 e. The Morgan fingerprint density at radius 3 is 1.81 bits per heavy atom. The van der Waals surface area contributed by atoms with Crippen molar-refractivity contribution in [2.75, 3.05) is 0 Å². The second-order valence-corrected chi connectivity index (χ2v) is 22.1. The average molecular weight is 561 g/mol. The quantitative estimate of drug-likeness (QED) is 0.503. The third-order valence-corrected chi connectivity index (χ3v) is 18.5. The number of fused-ring (bicyclic) bond motifs is 3. The maximum absolute atomic E-state index is 2.73. The molecule has 0 saturated heterocycles. The van der Waals surface area contributed by atoms with Crippen LogP contribution >= 0.6 is 0 Å². The van der Waals surface area contributed by atoms with Crippen molar-refractivity contribution in [3.05, 3.63) is 80.3 Å². The largest absolute Gasteiger partial charge is 1.00 e. The Morgan fingerprint density at radius 2 is 1.31 bits per heavy atom. The minimum Gasteiger partial charge on any atom is -1.00 e. The number of rotatable bonds is 3. The van der Waals surface area contributed by atoms with Crippen molar-refractivity contribution in [3.63, 3.8) is 0 Å². The van der Waals surface area contributed by atoms with E-state index in [9.17, 15) is 0 Å². The van der Waals surface area contributed by atoms with E-state index in [-0.39, 0.29) is 24.8 Å². The van der Waals surface area contributed by atoms with Gasteiger partial charge in [0.15, 0.2) is 0 Å². The molecule has 1 atom stereocenters. The van der Waals surface area contributed by atoms with Crippen LogP contribution in [0.5, 0.6) is 0 Å². The Morgan fingerprint density at radius 1 is 0.781 bits per heavy atom. The Bertz CT molecular complexity index is 1040. The minimum atomic E-state index is -2.09. The molecule has 1 fully saturated rings. The molecule has 2 aromatic carbocycles. The molecule has 0 aliphatic heterocycles. The van der Waals surface area contributed by atoms with Crippen molar-refractivity contribution in [1.82, 2.24) is 0 Å². The molecule has 2 aromatic rings. The van der Waals surface area contributed by atoms with Gasteiger partial charge in [0.2, 0.25) is 0 Å². The predicted molar refractivity (Wildman–Crippen MR) is 130 cm³/mol. The molecule has 4 heteroatoms. The van der Waals surface area contributed by atoms with Gasteiger partial charge < -0.3 is 24.8 Å². The van der Waals surface area contributed by atoms with Gasteiger partial charge in [0.25, 0.3) is 0 Å². The summed E-state index contributed by atoms with van der Waals surface area (Å²) in [5, 5.41) is 1.71. The van der Waals surface area contributed by atoms with E-state index >= 15 is 0 Å². The molecule has 0 heterocycles. The van der Waals surface area contributed by atoms with Crippen LogP contribution in [0.3, 0.4) is 0 Å². The van der Waals surface area contributed by atoms with Crippen molar-refractivity contribution in [3.8, 4) is 11.1 Å². The Kier molecular flexibility index (Phi) is 8.47. The van der Waals surface area contributed by atoms with Gasteiger partial charge in [-0.3, -0.25) is 0 Å². The van der Waals surface area contributed by atoms with E-state index in [1.165, 1.54) is 43.2 Å². The zero-order valence-electron chi connectivity index (χ0n) is 19.7. The monoisotopic (exact) mass is 558 g/mol. The molecule has 0 N–H and O–H groups in total. The van der Waals surface area contributed by atoms with E-state index in [0.29, 0.717) is 9.54 Å². The first kappa shape index (κ1) is 26.1. The summed E-state index contributed by atoms with van der Waals surface area (Å²) in [5.41, 5.74) is 6.30. The van der Waals surface area contributed by atoms with Gasteiger partial charge >= 0.3 is 192 Å². The number of allylic oxidation sites excluding steroid dienone is 4. The first-order chi connectivity index (χ1) is 14.4. The van der Waals surface area contributed by atoms with E-state index in [2.05, 4.69) is 87.2 Å². The van der Waals surface area contributed by atoms with Crippen molar-refractivity contribution in [2.45, 2.75) is 62.3 Å². The van der Waals surface area contributed by atoms with Crippen molar-refractivity contribution in [2.24, 2.45) is 5.92 Å². The molecule has 168 valence electrons. The molecule has 0 bridgehead atoms. The standard InChI is InChI=1S/C13H9.C9H15Si.C6H10.2ClH.Zr/c1-3-7-12-10(5-1)9-11-6-2-4-8-13(11)12;1-8-5-6-9(7-8)10(2,3)4;1-2-4-6-5-3-1;;;/h1-9H;6-8H,1-4H3;1-5H2;2*1H;/q;;;;;+2/p-2. The molecule has 0 spiro atoms. The fourth-order valence-electron chi connectivity index (χ4n) is 5.79. The molecule has 0 aromatic heterocycles. The van der Waals surface area contributed by atoms with Crippen LogP contribution in [0.25, 0.3) is 11.1 Å². The van der Waals surface area contributed by atoms with Crippen LogP contribution in [-0.4, -0.2) is 11.3 Å². The number of hydrogen-bond acceptors (Lipinski definition) is 0. The summed E-state index contributed by atoms with van der Waals surface area (Å²) >= 11 is -2.09. The molecule has 5 rings (SSSR count). The molecular formula is C28H34Cl2SiZr. The van der Waals surface area contributed by atoms with Crippen LogP contribution in [0.4, 0.5) is 0 Å². The molecule has 3 aliphatic rings. The predicted octanol–water partition coefficient (Wildman–Crippen LogP) is 1.86. The van der Waals surface area contributed by atoms with Crippen LogP contribution < -0.4 is 24.8 Å². The van der Waals surface area contributed by atoms with Gasteiger partial charge in [0, 0.05) is 0 Å². The molecule has 3 aliphatic carbocycles. The zero-order chi connectivity index (χ0) is 20.9. The van der Waals surface area contributed by atoms with Crippen molar-refractivity contribution >= 4 is 11.3 Å². The maximum atomic E-state index is 2.73. The molecule has 0 amide bonds. The van der Waals surface area contributed by atoms with Crippen LogP contribution in [0.2, 0.25) is 19.6 Å². The summed E-state index contributed by atoms with van der Waals surface area (Å²) in [6, 6.07) is 18.7. The number of halogens is 2. The summed E-state index contributed by atoms with van der Waals surface area (Å²) in [5.74, 6) is 0.649. The van der Waals surface area contributed by atoms with Gasteiger partial charge in [-0.1, -0.05) is 0 Å². The van der Waals surface area contributed by atoms with E-state index in [4.69, 9.17) is 0 Å². The molecular weight excluding hydrogens is 527 g/mol. The van der Waals surface area contributed by atoms with E-state index in [1.54, 1.807) is 16.3 Å².